The van der Waals surface area contributed by atoms with Gasteiger partial charge in [-0.25, -0.2) is 5.43 Å². The van der Waals surface area contributed by atoms with Crippen LogP contribution >= 0.6 is 0 Å². The number of hydrazone groups is 1. The number of fused-ring (bicyclic) bond motifs is 1. The molecule has 0 saturated carbocycles. The molecule has 1 N–H and O–H groups in total. The first kappa shape index (κ1) is 15.7. The standard InChI is InChI=1S/C20H18N2O2/c1-15-9-11-16(12-10-15)13-21-22-20(23)14-24-19-8-4-6-17-5-2-3-7-18(17)19/h2-13H,14H2,1H3,(H,22,23)/b21-13-. The Hall–Kier alpha value is -3.14. The average molecular weight is 318 g/mol. The van der Waals surface area contributed by atoms with Gasteiger partial charge < -0.3 is 4.74 Å². The summed E-state index contributed by atoms with van der Waals surface area (Å²) < 4.78 is 5.61. The number of amides is 1. The molecule has 24 heavy (non-hydrogen) atoms. The summed E-state index contributed by atoms with van der Waals surface area (Å²) in [5, 5.41) is 6.00. The minimum Gasteiger partial charge on any atom is -0.483 e. The first-order valence-corrected chi connectivity index (χ1v) is 7.71. The highest BCUT2D eigenvalue weighted by molar-refractivity contribution is 5.89. The minimum absolute atomic E-state index is 0.0841. The van der Waals surface area contributed by atoms with Crippen molar-refractivity contribution < 1.29 is 9.53 Å². The molecule has 0 aliphatic carbocycles. The molecule has 120 valence electrons. The Labute approximate surface area is 140 Å². The van der Waals surface area contributed by atoms with E-state index in [1.165, 1.54) is 5.56 Å². The molecule has 3 aromatic carbocycles. The van der Waals surface area contributed by atoms with Crippen molar-refractivity contribution >= 4 is 22.9 Å². The summed E-state index contributed by atoms with van der Waals surface area (Å²) in [6, 6.07) is 21.5. The van der Waals surface area contributed by atoms with Gasteiger partial charge in [0.05, 0.1) is 6.21 Å². The second-order valence-corrected chi connectivity index (χ2v) is 5.47. The lowest BCUT2D eigenvalue weighted by molar-refractivity contribution is -0.123. The molecule has 0 atom stereocenters. The number of ether oxygens (including phenoxy) is 1. The maximum absolute atomic E-state index is 11.8. The molecule has 4 nitrogen and oxygen atoms in total. The van der Waals surface area contributed by atoms with Gasteiger partial charge in [0.15, 0.2) is 6.61 Å². The normalized spacial score (nSPS) is 10.9. The van der Waals surface area contributed by atoms with Crippen LogP contribution in [0.2, 0.25) is 0 Å². The highest BCUT2D eigenvalue weighted by Gasteiger charge is 2.04. The molecule has 0 aliphatic heterocycles. The van der Waals surface area contributed by atoms with Gasteiger partial charge in [-0.2, -0.15) is 5.10 Å². The number of benzene rings is 3. The highest BCUT2D eigenvalue weighted by atomic mass is 16.5. The van der Waals surface area contributed by atoms with Crippen LogP contribution in [0.1, 0.15) is 11.1 Å². The maximum atomic E-state index is 11.8. The fraction of sp³-hybridized carbons (Fsp3) is 0.100. The highest BCUT2D eigenvalue weighted by Crippen LogP contribution is 2.24. The van der Waals surface area contributed by atoms with Crippen molar-refractivity contribution in [1.82, 2.24) is 5.43 Å². The quantitative estimate of drug-likeness (QED) is 0.576. The zero-order valence-corrected chi connectivity index (χ0v) is 13.4. The lowest BCUT2D eigenvalue weighted by Crippen LogP contribution is -2.24. The third kappa shape index (κ3) is 3.98. The van der Waals surface area contributed by atoms with E-state index in [0.717, 1.165) is 16.3 Å². The number of carbonyl (C=O) groups is 1. The van der Waals surface area contributed by atoms with E-state index in [4.69, 9.17) is 4.74 Å². The van der Waals surface area contributed by atoms with Crippen LogP contribution < -0.4 is 10.2 Å². The van der Waals surface area contributed by atoms with E-state index in [1.54, 1.807) is 6.21 Å². The molecule has 0 heterocycles. The SMILES string of the molecule is Cc1ccc(/C=N\NC(=O)COc2cccc3ccccc23)cc1. The van der Waals surface area contributed by atoms with Crippen LogP contribution in [0.4, 0.5) is 0 Å². The molecule has 3 rings (SSSR count). The Bertz CT molecular complexity index is 865. The van der Waals surface area contributed by atoms with Crippen LogP contribution in [0.3, 0.4) is 0 Å². The molecule has 0 aromatic heterocycles. The van der Waals surface area contributed by atoms with Gasteiger partial charge in [0.25, 0.3) is 5.91 Å². The molecule has 1 amide bonds. The number of nitrogens with zero attached hydrogens (tertiary/aromatic N) is 1. The van der Waals surface area contributed by atoms with Gasteiger partial charge in [-0.15, -0.1) is 0 Å². The van der Waals surface area contributed by atoms with Gasteiger partial charge in [-0.1, -0.05) is 66.2 Å². The molecular weight excluding hydrogens is 300 g/mol. The Morgan fingerprint density at radius 1 is 1.04 bits per heavy atom. The van der Waals surface area contributed by atoms with Gasteiger partial charge in [0.2, 0.25) is 0 Å². The summed E-state index contributed by atoms with van der Waals surface area (Å²) in [4.78, 5) is 11.8. The molecule has 0 saturated heterocycles. The Kier molecular flexibility index (Phi) is 4.87. The molecule has 3 aromatic rings. The number of aryl methyl sites for hydroxylation is 1. The van der Waals surface area contributed by atoms with Crippen LogP contribution in [0.25, 0.3) is 10.8 Å². The van der Waals surface area contributed by atoms with Crippen molar-refractivity contribution in [2.24, 2.45) is 5.10 Å². The molecule has 4 heteroatoms. The number of hydrogen-bond donors (Lipinski definition) is 1. The van der Waals surface area contributed by atoms with Gasteiger partial charge in [-0.05, 0) is 23.9 Å². The summed E-state index contributed by atoms with van der Waals surface area (Å²) in [5.74, 6) is 0.386. The number of carbonyl (C=O) groups excluding carboxylic acids is 1. The average Bonchev–Trinajstić information content (AvgIpc) is 2.61. The van der Waals surface area contributed by atoms with Gasteiger partial charge >= 0.3 is 0 Å². The third-order valence-electron chi connectivity index (χ3n) is 3.59. The second kappa shape index (κ2) is 7.42. The monoisotopic (exact) mass is 318 g/mol. The predicted molar refractivity (Wildman–Crippen MR) is 96.4 cm³/mol. The largest absolute Gasteiger partial charge is 0.483 e. The first-order valence-electron chi connectivity index (χ1n) is 7.71. The van der Waals surface area contributed by atoms with Crippen LogP contribution in [-0.2, 0) is 4.79 Å². The smallest absolute Gasteiger partial charge is 0.277 e. The molecule has 0 radical (unpaired) electrons. The van der Waals surface area contributed by atoms with E-state index in [0.29, 0.717) is 5.75 Å². The first-order chi connectivity index (χ1) is 11.7. The van der Waals surface area contributed by atoms with Crippen LogP contribution in [0.5, 0.6) is 5.75 Å². The molecule has 0 bridgehead atoms. The molecule has 0 aliphatic rings. The zero-order valence-electron chi connectivity index (χ0n) is 13.4. The van der Waals surface area contributed by atoms with E-state index in [-0.39, 0.29) is 12.5 Å². The minimum atomic E-state index is -0.300. The topological polar surface area (TPSA) is 50.7 Å². The van der Waals surface area contributed by atoms with Crippen molar-refractivity contribution in [3.63, 3.8) is 0 Å². The summed E-state index contributed by atoms with van der Waals surface area (Å²) in [6.45, 7) is 1.94. The fourth-order valence-electron chi connectivity index (χ4n) is 2.33. The lowest BCUT2D eigenvalue weighted by Gasteiger charge is -2.08. The van der Waals surface area contributed by atoms with Crippen LogP contribution in [-0.4, -0.2) is 18.7 Å². The van der Waals surface area contributed by atoms with Crippen molar-refractivity contribution in [2.45, 2.75) is 6.92 Å². The van der Waals surface area contributed by atoms with E-state index in [9.17, 15) is 4.79 Å². The number of rotatable bonds is 5. The fourth-order valence-corrected chi connectivity index (χ4v) is 2.33. The molecule has 0 fully saturated rings. The Morgan fingerprint density at radius 3 is 2.62 bits per heavy atom. The summed E-state index contributed by atoms with van der Waals surface area (Å²) in [5.41, 5.74) is 4.58. The molecule has 0 spiro atoms. The Morgan fingerprint density at radius 2 is 1.79 bits per heavy atom. The summed E-state index contributed by atoms with van der Waals surface area (Å²) >= 11 is 0. The van der Waals surface area contributed by atoms with Gasteiger partial charge in [-0.3, -0.25) is 4.79 Å². The lowest BCUT2D eigenvalue weighted by atomic mass is 10.1. The van der Waals surface area contributed by atoms with E-state index in [2.05, 4.69) is 10.5 Å². The van der Waals surface area contributed by atoms with Gasteiger partial charge in [0.1, 0.15) is 5.75 Å². The Balaban J connectivity index is 1.56. The number of hydrogen-bond acceptors (Lipinski definition) is 3. The molecule has 0 unspecified atom stereocenters. The van der Waals surface area contributed by atoms with Gasteiger partial charge in [0, 0.05) is 5.39 Å². The van der Waals surface area contributed by atoms with Crippen molar-refractivity contribution in [3.8, 4) is 5.75 Å². The van der Waals surface area contributed by atoms with E-state index >= 15 is 0 Å². The van der Waals surface area contributed by atoms with Crippen LogP contribution in [0.15, 0.2) is 71.8 Å². The van der Waals surface area contributed by atoms with Crippen molar-refractivity contribution in [1.29, 1.82) is 0 Å². The van der Waals surface area contributed by atoms with E-state index < -0.39 is 0 Å². The zero-order chi connectivity index (χ0) is 16.8. The number of nitrogens with one attached hydrogen (secondary N) is 1. The van der Waals surface area contributed by atoms with Crippen molar-refractivity contribution in [2.75, 3.05) is 6.61 Å². The maximum Gasteiger partial charge on any atom is 0.277 e. The summed E-state index contributed by atoms with van der Waals surface area (Å²) in [6.07, 6.45) is 1.61. The third-order valence-corrected chi connectivity index (χ3v) is 3.59. The van der Waals surface area contributed by atoms with Crippen LogP contribution in [0, 0.1) is 6.92 Å². The summed E-state index contributed by atoms with van der Waals surface area (Å²) in [7, 11) is 0. The predicted octanol–water partition coefficient (Wildman–Crippen LogP) is 3.68. The van der Waals surface area contributed by atoms with Crippen molar-refractivity contribution in [3.05, 3.63) is 77.9 Å². The van der Waals surface area contributed by atoms with E-state index in [1.807, 2.05) is 73.7 Å². The molecular formula is C20H18N2O2. The second-order valence-electron chi connectivity index (χ2n) is 5.47.